The summed E-state index contributed by atoms with van der Waals surface area (Å²) in [7, 11) is 0. The lowest BCUT2D eigenvalue weighted by Crippen LogP contribution is -2.18. The van der Waals surface area contributed by atoms with Crippen molar-refractivity contribution in [2.75, 3.05) is 19.6 Å². The summed E-state index contributed by atoms with van der Waals surface area (Å²) < 4.78 is 10.0. The Hall–Kier alpha value is -14.1. The van der Waals surface area contributed by atoms with E-state index in [2.05, 4.69) is 442 Å². The van der Waals surface area contributed by atoms with Crippen LogP contribution in [0.2, 0.25) is 0 Å². The highest BCUT2D eigenvalue weighted by molar-refractivity contribution is 6.34. The Bertz CT molecular complexity index is 6020. The molecule has 8 nitrogen and oxygen atoms in total. The molecular formula is C104H82N8. The Labute approximate surface area is 653 Å². The zero-order valence-electron chi connectivity index (χ0n) is 63.2. The van der Waals surface area contributed by atoms with Crippen molar-refractivity contribution in [1.82, 2.24) is 18.3 Å². The van der Waals surface area contributed by atoms with E-state index in [1.54, 1.807) is 0 Å². The minimum Gasteiger partial charge on any atom is -0.311 e. The van der Waals surface area contributed by atoms with Gasteiger partial charge in [-0.1, -0.05) is 270 Å². The van der Waals surface area contributed by atoms with E-state index in [0.717, 1.165) is 193 Å². The zero-order chi connectivity index (χ0) is 74.9. The number of hydrogen-bond donors (Lipinski definition) is 0. The summed E-state index contributed by atoms with van der Waals surface area (Å²) in [5.74, 6) is 0. The van der Waals surface area contributed by atoms with Gasteiger partial charge in [-0.05, 0) is 159 Å². The molecule has 0 bridgehead atoms. The molecule has 8 heteroatoms. The van der Waals surface area contributed by atoms with Crippen LogP contribution in [0, 0.1) is 0 Å². The molecule has 0 radical (unpaired) electrons. The van der Waals surface area contributed by atoms with Crippen molar-refractivity contribution in [3.8, 4) is 22.7 Å². The highest BCUT2D eigenvalue weighted by atomic mass is 15.2. The van der Waals surface area contributed by atoms with Crippen molar-refractivity contribution in [1.29, 1.82) is 0 Å². The predicted molar refractivity (Wildman–Crippen MR) is 474 cm³/mol. The van der Waals surface area contributed by atoms with Crippen molar-refractivity contribution >= 4 is 144 Å². The molecule has 112 heavy (non-hydrogen) atoms. The van der Waals surface area contributed by atoms with Crippen LogP contribution in [0.1, 0.15) is 50.5 Å². The van der Waals surface area contributed by atoms with Gasteiger partial charge in [-0.3, -0.25) is 0 Å². The Morgan fingerprint density at radius 2 is 0.366 bits per heavy atom. The van der Waals surface area contributed by atoms with E-state index in [0.29, 0.717) is 0 Å². The van der Waals surface area contributed by atoms with Gasteiger partial charge in [0.05, 0.1) is 67.6 Å². The van der Waals surface area contributed by atoms with Gasteiger partial charge in [0, 0.05) is 122 Å². The van der Waals surface area contributed by atoms with Gasteiger partial charge < -0.3 is 37.9 Å². The number of rotatable bonds is 20. The quantitative estimate of drug-likeness (QED) is 0.0712. The highest BCUT2D eigenvalue weighted by Gasteiger charge is 2.36. The maximum absolute atomic E-state index is 2.62. The summed E-state index contributed by atoms with van der Waals surface area (Å²) in [6, 6.07) is 140. The van der Waals surface area contributed by atoms with Crippen LogP contribution in [-0.4, -0.2) is 18.3 Å². The molecule has 0 aliphatic carbocycles. The smallest absolute Gasteiger partial charge is 0.0754 e. The number of fused-ring (bicyclic) bond motifs is 4. The molecule has 0 saturated heterocycles. The van der Waals surface area contributed by atoms with Crippen LogP contribution in [0.15, 0.2) is 376 Å². The monoisotopic (exact) mass is 1440 g/mol. The molecule has 20 aromatic rings. The van der Waals surface area contributed by atoms with E-state index in [1.165, 1.54) is 22.8 Å². The number of anilines is 12. The van der Waals surface area contributed by atoms with Crippen LogP contribution in [-0.2, 0) is 25.7 Å². The van der Waals surface area contributed by atoms with Crippen molar-refractivity contribution in [3.05, 3.63) is 399 Å². The molecule has 4 aromatic heterocycles. The second-order valence-corrected chi connectivity index (χ2v) is 28.9. The number of hydrogen-bond acceptors (Lipinski definition) is 4. The van der Waals surface area contributed by atoms with Gasteiger partial charge in [0.1, 0.15) is 0 Å². The lowest BCUT2D eigenvalue weighted by atomic mass is 9.88. The van der Waals surface area contributed by atoms with E-state index < -0.39 is 0 Å². The second-order valence-electron chi connectivity index (χ2n) is 28.9. The van der Waals surface area contributed by atoms with E-state index >= 15 is 0 Å². The topological polar surface area (TPSA) is 32.7 Å². The van der Waals surface area contributed by atoms with E-state index in [1.807, 2.05) is 0 Å². The Morgan fingerprint density at radius 3 is 0.562 bits per heavy atom. The normalized spacial score (nSPS) is 11.7. The number of aromatic nitrogens is 4. The van der Waals surface area contributed by atoms with E-state index in [-0.39, 0.29) is 0 Å². The SMILES string of the molecule is CCc1c(N(c2ccccc2)c2cc(N(c3ccccc3)c3c(CC)n(-c4ccccc4)c4ccccc34)c3ccc4c(N(c5ccccc5)c5c(CC)n(-c6ccccc6)c6ccccc56)cc(N(c5ccccc5)c5c(CC)n(-c6ccccc6)c6ccccc56)c5ccc2c3c54)c2ccccc2n1-c1ccccc1. The first-order valence-corrected chi connectivity index (χ1v) is 39.4. The molecule has 0 fully saturated rings. The molecule has 0 saturated carbocycles. The fourth-order valence-electron chi connectivity index (χ4n) is 18.4. The second kappa shape index (κ2) is 28.2. The maximum Gasteiger partial charge on any atom is 0.0754 e. The molecular weight excluding hydrogens is 1360 g/mol. The summed E-state index contributed by atoms with van der Waals surface area (Å²) in [6.45, 7) is 9.29. The Morgan fingerprint density at radius 1 is 0.188 bits per heavy atom. The largest absolute Gasteiger partial charge is 0.311 e. The minimum absolute atomic E-state index is 0.744. The van der Waals surface area contributed by atoms with Crippen molar-refractivity contribution < 1.29 is 0 Å². The first-order valence-electron chi connectivity index (χ1n) is 39.4. The molecule has 4 heterocycles. The zero-order valence-corrected chi connectivity index (χ0v) is 63.2. The Balaban J connectivity index is 1.02. The fourth-order valence-corrected chi connectivity index (χ4v) is 18.4. The first kappa shape index (κ1) is 67.3. The number of nitrogens with zero attached hydrogens (tertiary/aromatic N) is 8. The van der Waals surface area contributed by atoms with Gasteiger partial charge in [0.15, 0.2) is 0 Å². The lowest BCUT2D eigenvalue weighted by molar-refractivity contribution is 0.954. The van der Waals surface area contributed by atoms with E-state index in [9.17, 15) is 0 Å². The average molecular weight is 1440 g/mol. The summed E-state index contributed by atoms with van der Waals surface area (Å²) in [4.78, 5) is 10.5. The maximum atomic E-state index is 2.62. The molecule has 0 amide bonds. The molecule has 0 atom stereocenters. The predicted octanol–water partition coefficient (Wildman–Crippen LogP) is 28.5. The van der Waals surface area contributed by atoms with Gasteiger partial charge in [-0.25, -0.2) is 0 Å². The van der Waals surface area contributed by atoms with E-state index in [4.69, 9.17) is 0 Å². The first-order chi connectivity index (χ1) is 55.5. The van der Waals surface area contributed by atoms with Crippen LogP contribution in [0.5, 0.6) is 0 Å². The van der Waals surface area contributed by atoms with Gasteiger partial charge >= 0.3 is 0 Å². The third-order valence-electron chi connectivity index (χ3n) is 22.9. The summed E-state index contributed by atoms with van der Waals surface area (Å²) in [6.07, 6.45) is 2.98. The lowest BCUT2D eigenvalue weighted by Gasteiger charge is -2.35. The standard InChI is InChI=1S/C104H82N8/c1-5-87-101(83-57-33-37-61-91(83)105(87)71-41-17-9-18-42-71)109(75-49-25-13-26-50-75)95-69-96(110(76-51-27-14-28-52-76)102-84-58-34-38-62-92(84)106(88(102)6-2)72-43-19-10-20-44-72)80-67-68-82-98(112(78-55-31-16-32-56-78)104-86-60-36-40-64-94(86)108(90(104)8-4)74-47-23-12-24-48-74)70-97(81-66-65-79(95)99(80)100(81)82)111(77-53-29-15-30-54-77)103-85-59-35-39-63-93(85)107(89(103)7-3)73-45-21-11-22-46-73/h9-70H,5-8H2,1-4H3. The van der Waals surface area contributed by atoms with Crippen LogP contribution in [0.3, 0.4) is 0 Å². The molecule has 0 aliphatic rings. The molecule has 538 valence electrons. The molecule has 0 N–H and O–H groups in total. The van der Waals surface area contributed by atoms with Gasteiger partial charge in [-0.15, -0.1) is 0 Å². The molecule has 0 unspecified atom stereocenters. The molecule has 0 aliphatic heterocycles. The van der Waals surface area contributed by atoms with Crippen molar-refractivity contribution in [2.24, 2.45) is 0 Å². The molecule has 20 rings (SSSR count). The molecule has 0 spiro atoms. The summed E-state index contributed by atoms with van der Waals surface area (Å²) in [5.41, 5.74) is 26.7. The van der Waals surface area contributed by atoms with Gasteiger partial charge in [0.2, 0.25) is 0 Å². The van der Waals surface area contributed by atoms with Crippen molar-refractivity contribution in [3.63, 3.8) is 0 Å². The number of benzene rings is 16. The minimum atomic E-state index is 0.744. The van der Waals surface area contributed by atoms with Gasteiger partial charge in [0.25, 0.3) is 0 Å². The van der Waals surface area contributed by atoms with Crippen LogP contribution in [0.25, 0.3) is 98.7 Å². The van der Waals surface area contributed by atoms with Crippen LogP contribution >= 0.6 is 0 Å². The third kappa shape index (κ3) is 10.7. The van der Waals surface area contributed by atoms with Crippen LogP contribution in [0.4, 0.5) is 68.2 Å². The van der Waals surface area contributed by atoms with Gasteiger partial charge in [-0.2, -0.15) is 0 Å². The fraction of sp³-hybridized carbons (Fsp3) is 0.0769. The molecule has 16 aromatic carbocycles. The Kier molecular flexibility index (Phi) is 16.9. The summed E-state index contributed by atoms with van der Waals surface area (Å²) in [5, 5.41) is 11.4. The summed E-state index contributed by atoms with van der Waals surface area (Å²) >= 11 is 0. The van der Waals surface area contributed by atoms with Crippen LogP contribution < -0.4 is 19.6 Å². The average Bonchev–Trinajstić information content (AvgIpc) is 1.01. The van der Waals surface area contributed by atoms with Crippen molar-refractivity contribution in [2.45, 2.75) is 53.4 Å². The third-order valence-corrected chi connectivity index (χ3v) is 22.9. The number of para-hydroxylation sites is 12. The highest BCUT2D eigenvalue weighted by Crippen LogP contribution is 2.59.